The summed E-state index contributed by atoms with van der Waals surface area (Å²) in [5.41, 5.74) is -0.461. The van der Waals surface area contributed by atoms with Crippen molar-refractivity contribution in [3.05, 3.63) is 47.7 Å². The van der Waals surface area contributed by atoms with Gasteiger partial charge in [-0.3, -0.25) is 9.59 Å². The van der Waals surface area contributed by atoms with E-state index in [4.69, 9.17) is 0 Å². The lowest BCUT2D eigenvalue weighted by molar-refractivity contribution is -0.176. The highest BCUT2D eigenvalue weighted by Gasteiger charge is 2.68. The first-order valence-corrected chi connectivity index (χ1v) is 13.4. The molecule has 8 atom stereocenters. The van der Waals surface area contributed by atoms with Crippen LogP contribution in [0.4, 0.5) is 0 Å². The van der Waals surface area contributed by atoms with Crippen LogP contribution in [0, 0.1) is 41.4 Å². The molecule has 1 heterocycles. The molecule has 182 valence electrons. The molecule has 4 aliphatic carbocycles. The molecule has 1 aromatic heterocycles. The van der Waals surface area contributed by atoms with Crippen molar-refractivity contribution in [3.8, 4) is 0 Å². The van der Waals surface area contributed by atoms with Gasteiger partial charge in [0.05, 0.1) is 16.9 Å². The van der Waals surface area contributed by atoms with Crippen molar-refractivity contribution in [3.63, 3.8) is 0 Å². The maximum Gasteiger partial charge on any atom is 0.178 e. The Kier molecular flexibility index (Phi) is 5.74. The smallest absolute Gasteiger partial charge is 0.178 e. The molecule has 5 nitrogen and oxygen atoms in total. The average molecular weight is 482 g/mol. The summed E-state index contributed by atoms with van der Waals surface area (Å²) < 4.78 is 0. The molecule has 0 amide bonds. The number of carbonyl (C=O) groups is 2. The van der Waals surface area contributed by atoms with Crippen LogP contribution in [0.15, 0.2) is 47.0 Å². The van der Waals surface area contributed by atoms with E-state index in [9.17, 15) is 19.8 Å². The summed E-state index contributed by atoms with van der Waals surface area (Å²) in [7, 11) is 0. The lowest BCUT2D eigenvalue weighted by atomic mass is 9.45. The number of aliphatic hydroxyl groups is 2. The minimum Gasteiger partial charge on any atom is -0.393 e. The second kappa shape index (κ2) is 8.14. The molecular weight excluding hydrogens is 446 g/mol. The molecule has 0 radical (unpaired) electrons. The molecular formula is C28H35NO4S. The van der Waals surface area contributed by atoms with Crippen LogP contribution in [-0.2, 0) is 9.59 Å². The number of thioether (sulfide) groups is 1. The number of rotatable bonds is 4. The fourth-order valence-corrected chi connectivity index (χ4v) is 8.97. The summed E-state index contributed by atoms with van der Waals surface area (Å²) in [6.45, 7) is 8.27. The number of carbonyl (C=O) groups excluding carboxylic acids is 2. The van der Waals surface area contributed by atoms with Gasteiger partial charge in [0.15, 0.2) is 11.6 Å². The van der Waals surface area contributed by atoms with Crippen LogP contribution in [0.3, 0.4) is 0 Å². The SMILES string of the molecule is Cc1cccc(SCC(=O)[C@@]2(O)CCC3C4C[C@H](C)C5=CC(=O)C=CC5(C)C4[C@@H](O)CC32C)n1. The first kappa shape index (κ1) is 24.0. The van der Waals surface area contributed by atoms with Crippen molar-refractivity contribution in [2.45, 2.75) is 70.1 Å². The quantitative estimate of drug-likeness (QED) is 0.623. The third-order valence-corrected chi connectivity index (χ3v) is 10.6. The maximum absolute atomic E-state index is 13.5. The van der Waals surface area contributed by atoms with Crippen molar-refractivity contribution in [2.24, 2.45) is 34.5 Å². The number of allylic oxidation sites excluding steroid dienone is 4. The number of Topliss-reactive ketones (excluding diaryl/α,β-unsaturated/α-hetero) is 1. The van der Waals surface area contributed by atoms with Gasteiger partial charge < -0.3 is 10.2 Å². The van der Waals surface area contributed by atoms with E-state index >= 15 is 0 Å². The lowest BCUT2D eigenvalue weighted by Crippen LogP contribution is -2.62. The van der Waals surface area contributed by atoms with Gasteiger partial charge in [-0.1, -0.05) is 50.2 Å². The molecule has 34 heavy (non-hydrogen) atoms. The van der Waals surface area contributed by atoms with Crippen molar-refractivity contribution in [1.29, 1.82) is 0 Å². The van der Waals surface area contributed by atoms with E-state index in [2.05, 4.69) is 18.8 Å². The summed E-state index contributed by atoms with van der Waals surface area (Å²) in [6, 6.07) is 5.74. The van der Waals surface area contributed by atoms with Gasteiger partial charge >= 0.3 is 0 Å². The number of aryl methyl sites for hydroxylation is 1. The van der Waals surface area contributed by atoms with Gasteiger partial charge in [-0.05, 0) is 74.6 Å². The molecule has 0 aromatic carbocycles. The van der Waals surface area contributed by atoms with Crippen LogP contribution < -0.4 is 0 Å². The Morgan fingerprint density at radius 1 is 1.29 bits per heavy atom. The van der Waals surface area contributed by atoms with Gasteiger partial charge in [-0.15, -0.1) is 0 Å². The third kappa shape index (κ3) is 3.40. The van der Waals surface area contributed by atoms with Gasteiger partial charge in [0.2, 0.25) is 0 Å². The Labute approximate surface area is 206 Å². The van der Waals surface area contributed by atoms with E-state index in [0.717, 1.165) is 29.1 Å². The molecule has 3 saturated carbocycles. The van der Waals surface area contributed by atoms with E-state index in [1.165, 1.54) is 11.8 Å². The standard InChI is InChI=1S/C28H35NO4S/c1-16-12-19-20-9-11-28(33,23(32)15-34-24-7-5-6-17(2)29-24)27(20,4)14-22(31)25(19)26(3)10-8-18(30)13-21(16)26/h5-8,10,13,16,19-20,22,25,31,33H,9,11-12,14-15H2,1-4H3/t16-,19?,20?,22-,25?,26?,27?,28-/m0/s1. The number of pyridine rings is 1. The van der Waals surface area contributed by atoms with Crippen LogP contribution in [0.25, 0.3) is 0 Å². The number of aromatic nitrogens is 1. The van der Waals surface area contributed by atoms with Gasteiger partial charge in [-0.2, -0.15) is 0 Å². The highest BCUT2D eigenvalue weighted by atomic mass is 32.2. The Morgan fingerprint density at radius 2 is 2.06 bits per heavy atom. The molecule has 5 rings (SSSR count). The lowest BCUT2D eigenvalue weighted by Gasteiger charge is -2.60. The monoisotopic (exact) mass is 481 g/mol. The largest absolute Gasteiger partial charge is 0.393 e. The molecule has 0 spiro atoms. The number of hydrogen-bond donors (Lipinski definition) is 2. The zero-order chi connectivity index (χ0) is 24.5. The van der Waals surface area contributed by atoms with Crippen LogP contribution in [-0.4, -0.2) is 44.2 Å². The van der Waals surface area contributed by atoms with Crippen molar-refractivity contribution in [2.75, 3.05) is 5.75 Å². The molecule has 0 bridgehead atoms. The molecule has 6 heteroatoms. The topological polar surface area (TPSA) is 87.5 Å². The minimum atomic E-state index is -1.45. The molecule has 0 aliphatic heterocycles. The van der Waals surface area contributed by atoms with E-state index in [1.807, 2.05) is 38.1 Å². The van der Waals surface area contributed by atoms with Crippen LogP contribution >= 0.6 is 11.8 Å². The molecule has 0 saturated heterocycles. The van der Waals surface area contributed by atoms with E-state index in [0.29, 0.717) is 12.8 Å². The highest BCUT2D eigenvalue weighted by molar-refractivity contribution is 7.99. The van der Waals surface area contributed by atoms with Crippen molar-refractivity contribution >= 4 is 23.3 Å². The zero-order valence-corrected chi connectivity index (χ0v) is 21.3. The van der Waals surface area contributed by atoms with Crippen LogP contribution in [0.2, 0.25) is 0 Å². The van der Waals surface area contributed by atoms with Crippen LogP contribution in [0.5, 0.6) is 0 Å². The van der Waals surface area contributed by atoms with Crippen molar-refractivity contribution < 1.29 is 19.8 Å². The summed E-state index contributed by atoms with van der Waals surface area (Å²) in [4.78, 5) is 30.1. The highest BCUT2D eigenvalue weighted by Crippen LogP contribution is 2.67. The molecule has 5 unspecified atom stereocenters. The fraction of sp³-hybridized carbons (Fsp3) is 0.607. The van der Waals surface area contributed by atoms with Crippen molar-refractivity contribution in [1.82, 2.24) is 4.98 Å². The van der Waals surface area contributed by atoms with Gasteiger partial charge in [0, 0.05) is 22.4 Å². The Morgan fingerprint density at radius 3 is 2.79 bits per heavy atom. The predicted molar refractivity (Wildman–Crippen MR) is 132 cm³/mol. The molecule has 4 aliphatic rings. The first-order valence-electron chi connectivity index (χ1n) is 12.4. The summed E-state index contributed by atoms with van der Waals surface area (Å²) >= 11 is 1.37. The maximum atomic E-state index is 13.5. The normalized spacial score (nSPS) is 43.1. The number of nitrogens with zero attached hydrogens (tertiary/aromatic N) is 1. The second-order valence-electron chi connectivity index (χ2n) is 11.5. The van der Waals surface area contributed by atoms with E-state index in [1.54, 1.807) is 12.2 Å². The predicted octanol–water partition coefficient (Wildman–Crippen LogP) is 4.31. The van der Waals surface area contributed by atoms with Gasteiger partial charge in [0.25, 0.3) is 0 Å². The number of aliphatic hydroxyl groups excluding tert-OH is 1. The minimum absolute atomic E-state index is 0.0132. The Balaban J connectivity index is 1.42. The number of hydrogen-bond acceptors (Lipinski definition) is 6. The van der Waals surface area contributed by atoms with Gasteiger partial charge in [0.1, 0.15) is 5.60 Å². The van der Waals surface area contributed by atoms with E-state index < -0.39 is 17.1 Å². The first-order chi connectivity index (χ1) is 16.0. The zero-order valence-electron chi connectivity index (χ0n) is 20.5. The molecule has 2 N–H and O–H groups in total. The summed E-state index contributed by atoms with van der Waals surface area (Å²) in [5.74, 6) is 0.596. The fourth-order valence-electron chi connectivity index (χ4n) is 8.07. The van der Waals surface area contributed by atoms with Crippen LogP contribution in [0.1, 0.15) is 52.1 Å². The van der Waals surface area contributed by atoms with E-state index in [-0.39, 0.29) is 46.4 Å². The number of fused-ring (bicyclic) bond motifs is 5. The van der Waals surface area contributed by atoms with Gasteiger partial charge in [-0.25, -0.2) is 4.98 Å². The summed E-state index contributed by atoms with van der Waals surface area (Å²) in [5, 5.41) is 24.2. The summed E-state index contributed by atoms with van der Waals surface area (Å²) in [6.07, 6.45) is 7.26. The second-order valence-corrected chi connectivity index (χ2v) is 12.5. The third-order valence-electron chi connectivity index (χ3n) is 9.64. The Hall–Kier alpha value is -1.76. The number of ketones is 2. The molecule has 1 aromatic rings. The Bertz CT molecular complexity index is 1100. The molecule has 3 fully saturated rings. The average Bonchev–Trinajstić information content (AvgIpc) is 3.04.